The summed E-state index contributed by atoms with van der Waals surface area (Å²) in [7, 11) is 0. The molecule has 2 aromatic carbocycles. The molecule has 0 atom stereocenters. The highest BCUT2D eigenvalue weighted by Gasteiger charge is 2.11. The Morgan fingerprint density at radius 3 is 2.53 bits per heavy atom. The largest absolute Gasteiger partial charge is 0.322 e. The van der Waals surface area contributed by atoms with Gasteiger partial charge in [0.05, 0.1) is 10.6 Å². The summed E-state index contributed by atoms with van der Waals surface area (Å²) in [5, 5.41) is 3.37. The molecule has 2 rings (SSSR count). The van der Waals surface area contributed by atoms with E-state index in [4.69, 9.17) is 11.6 Å². The maximum atomic E-state index is 12.2. The average Bonchev–Trinajstić information content (AvgIpc) is 2.36. The molecular formula is C15H13ClINO. The normalized spacial score (nSPS) is 10.3. The summed E-state index contributed by atoms with van der Waals surface area (Å²) >= 11 is 8.30. The van der Waals surface area contributed by atoms with Crippen molar-refractivity contribution >= 4 is 45.8 Å². The highest BCUT2D eigenvalue weighted by Crippen LogP contribution is 2.23. The zero-order chi connectivity index (χ0) is 14.0. The highest BCUT2D eigenvalue weighted by atomic mass is 127. The third-order valence-electron chi connectivity index (χ3n) is 2.87. The molecule has 0 saturated heterocycles. The van der Waals surface area contributed by atoms with E-state index in [-0.39, 0.29) is 5.91 Å². The Labute approximate surface area is 131 Å². The van der Waals surface area contributed by atoms with Crippen LogP contribution in [-0.4, -0.2) is 5.91 Å². The Morgan fingerprint density at radius 2 is 1.84 bits per heavy atom. The molecule has 2 aromatic rings. The van der Waals surface area contributed by atoms with Gasteiger partial charge < -0.3 is 5.32 Å². The van der Waals surface area contributed by atoms with Crippen LogP contribution in [0.25, 0.3) is 0 Å². The molecule has 4 heteroatoms. The van der Waals surface area contributed by atoms with Crippen LogP contribution < -0.4 is 5.32 Å². The molecule has 1 amide bonds. The number of nitrogens with one attached hydrogen (secondary N) is 1. The van der Waals surface area contributed by atoms with Crippen molar-refractivity contribution in [2.24, 2.45) is 0 Å². The Bertz CT molecular complexity index is 640. The summed E-state index contributed by atoms with van der Waals surface area (Å²) < 4.78 is 1.19. The van der Waals surface area contributed by atoms with Crippen molar-refractivity contribution < 1.29 is 4.79 Å². The van der Waals surface area contributed by atoms with Crippen molar-refractivity contribution in [3.63, 3.8) is 0 Å². The number of carbonyl (C=O) groups excluding carboxylic acids is 1. The monoisotopic (exact) mass is 385 g/mol. The number of hydrogen-bond acceptors (Lipinski definition) is 1. The summed E-state index contributed by atoms with van der Waals surface area (Å²) in [5.41, 5.74) is 3.48. The van der Waals surface area contributed by atoms with E-state index in [1.807, 2.05) is 19.9 Å². The zero-order valence-electron chi connectivity index (χ0n) is 10.6. The second-order valence-corrected chi connectivity index (χ2v) is 5.92. The van der Waals surface area contributed by atoms with E-state index in [2.05, 4.69) is 34.0 Å². The van der Waals surface area contributed by atoms with Crippen LogP contribution in [0.1, 0.15) is 21.5 Å². The predicted molar refractivity (Wildman–Crippen MR) is 88.0 cm³/mol. The van der Waals surface area contributed by atoms with E-state index in [1.165, 1.54) is 3.57 Å². The Hall–Kier alpha value is -1.07. The first-order valence-corrected chi connectivity index (χ1v) is 7.27. The van der Waals surface area contributed by atoms with Gasteiger partial charge in [-0.2, -0.15) is 0 Å². The van der Waals surface area contributed by atoms with Crippen LogP contribution in [0.2, 0.25) is 5.02 Å². The molecule has 0 spiro atoms. The lowest BCUT2D eigenvalue weighted by molar-refractivity contribution is 0.102. The van der Waals surface area contributed by atoms with Gasteiger partial charge in [0.25, 0.3) is 5.91 Å². The van der Waals surface area contributed by atoms with Crippen molar-refractivity contribution in [3.8, 4) is 0 Å². The van der Waals surface area contributed by atoms with Crippen LogP contribution in [0.3, 0.4) is 0 Å². The van der Waals surface area contributed by atoms with E-state index in [0.717, 1.165) is 16.8 Å². The van der Waals surface area contributed by atoms with Crippen molar-refractivity contribution in [2.75, 3.05) is 5.32 Å². The molecule has 0 bridgehead atoms. The van der Waals surface area contributed by atoms with Gasteiger partial charge in [0.15, 0.2) is 0 Å². The van der Waals surface area contributed by atoms with Crippen molar-refractivity contribution in [2.45, 2.75) is 13.8 Å². The quantitative estimate of drug-likeness (QED) is 0.738. The summed E-state index contributed by atoms with van der Waals surface area (Å²) in [6, 6.07) is 11.1. The fourth-order valence-electron chi connectivity index (χ4n) is 1.75. The number of hydrogen-bond donors (Lipinski definition) is 1. The van der Waals surface area contributed by atoms with Gasteiger partial charge in [0, 0.05) is 9.26 Å². The van der Waals surface area contributed by atoms with Gasteiger partial charge in [-0.15, -0.1) is 0 Å². The first kappa shape index (κ1) is 14.3. The van der Waals surface area contributed by atoms with E-state index >= 15 is 0 Å². The predicted octanol–water partition coefficient (Wildman–Crippen LogP) is 4.81. The van der Waals surface area contributed by atoms with Crippen LogP contribution >= 0.6 is 34.2 Å². The van der Waals surface area contributed by atoms with E-state index < -0.39 is 0 Å². The fraction of sp³-hybridized carbons (Fsp3) is 0.133. The molecule has 0 fully saturated rings. The fourth-order valence-corrected chi connectivity index (χ4v) is 2.59. The Morgan fingerprint density at radius 1 is 1.16 bits per heavy atom. The molecule has 1 N–H and O–H groups in total. The Kier molecular flexibility index (Phi) is 4.47. The van der Waals surface area contributed by atoms with Crippen LogP contribution in [0.4, 0.5) is 5.69 Å². The van der Waals surface area contributed by atoms with Crippen LogP contribution in [0, 0.1) is 17.4 Å². The van der Waals surface area contributed by atoms with Crippen LogP contribution in [-0.2, 0) is 0 Å². The lowest BCUT2D eigenvalue weighted by atomic mass is 10.1. The minimum absolute atomic E-state index is 0.186. The highest BCUT2D eigenvalue weighted by molar-refractivity contribution is 14.1. The maximum Gasteiger partial charge on any atom is 0.257 e. The number of benzene rings is 2. The van der Waals surface area contributed by atoms with Gasteiger partial charge in [-0.1, -0.05) is 23.7 Å². The molecule has 0 unspecified atom stereocenters. The molecule has 0 saturated carbocycles. The van der Waals surface area contributed by atoms with Gasteiger partial charge in [0.1, 0.15) is 0 Å². The zero-order valence-corrected chi connectivity index (χ0v) is 13.5. The number of anilines is 1. The molecule has 98 valence electrons. The number of rotatable bonds is 2. The minimum atomic E-state index is -0.186. The lowest BCUT2D eigenvalue weighted by Crippen LogP contribution is -2.13. The van der Waals surface area contributed by atoms with Gasteiger partial charge in [-0.25, -0.2) is 0 Å². The smallest absolute Gasteiger partial charge is 0.257 e. The average molecular weight is 386 g/mol. The first-order valence-electron chi connectivity index (χ1n) is 5.81. The maximum absolute atomic E-state index is 12.2. The second-order valence-electron chi connectivity index (χ2n) is 4.35. The number of halogens is 2. The Balaban J connectivity index is 2.30. The third-order valence-corrected chi connectivity index (χ3v) is 4.36. The second kappa shape index (κ2) is 5.92. The van der Waals surface area contributed by atoms with Crippen LogP contribution in [0.5, 0.6) is 0 Å². The summed E-state index contributed by atoms with van der Waals surface area (Å²) in [6.45, 7) is 4.00. The summed E-state index contributed by atoms with van der Waals surface area (Å²) in [5.74, 6) is -0.186. The SMILES string of the molecule is Cc1cc(NC(=O)c2ccccc2Cl)c(C)cc1I. The van der Waals surface area contributed by atoms with E-state index in [9.17, 15) is 4.79 Å². The topological polar surface area (TPSA) is 29.1 Å². The van der Waals surface area contributed by atoms with Gasteiger partial charge in [0.2, 0.25) is 0 Å². The molecule has 0 heterocycles. The molecule has 2 nitrogen and oxygen atoms in total. The van der Waals surface area contributed by atoms with Crippen molar-refractivity contribution in [3.05, 3.63) is 61.7 Å². The van der Waals surface area contributed by atoms with Crippen molar-refractivity contribution in [1.82, 2.24) is 0 Å². The number of aryl methyl sites for hydroxylation is 2. The first-order chi connectivity index (χ1) is 8.99. The number of amides is 1. The van der Waals surface area contributed by atoms with Gasteiger partial charge in [-0.05, 0) is 71.8 Å². The molecule has 0 aliphatic carbocycles. The molecule has 0 aromatic heterocycles. The third kappa shape index (κ3) is 3.28. The van der Waals surface area contributed by atoms with E-state index in [0.29, 0.717) is 10.6 Å². The van der Waals surface area contributed by atoms with Crippen molar-refractivity contribution in [1.29, 1.82) is 0 Å². The minimum Gasteiger partial charge on any atom is -0.322 e. The standard InChI is InChI=1S/C15H13ClINO/c1-9-8-14(10(2)7-13(9)17)18-15(19)11-5-3-4-6-12(11)16/h3-8H,1-2H3,(H,18,19). The summed E-state index contributed by atoms with van der Waals surface area (Å²) in [4.78, 5) is 12.2. The molecule has 0 aliphatic rings. The lowest BCUT2D eigenvalue weighted by Gasteiger charge is -2.11. The molecular weight excluding hydrogens is 373 g/mol. The van der Waals surface area contributed by atoms with E-state index in [1.54, 1.807) is 24.3 Å². The van der Waals surface area contributed by atoms with Gasteiger partial charge >= 0.3 is 0 Å². The molecule has 0 radical (unpaired) electrons. The molecule has 0 aliphatic heterocycles. The summed E-state index contributed by atoms with van der Waals surface area (Å²) in [6.07, 6.45) is 0. The molecule has 19 heavy (non-hydrogen) atoms. The number of carbonyl (C=O) groups is 1. The van der Waals surface area contributed by atoms with Gasteiger partial charge in [-0.3, -0.25) is 4.79 Å². The van der Waals surface area contributed by atoms with Crippen LogP contribution in [0.15, 0.2) is 36.4 Å².